The van der Waals surface area contributed by atoms with Crippen LogP contribution in [0.5, 0.6) is 0 Å². The highest BCUT2D eigenvalue weighted by molar-refractivity contribution is 5.67. The number of H-pyrrole nitrogens is 1. The van der Waals surface area contributed by atoms with E-state index in [9.17, 15) is 4.79 Å². The highest BCUT2D eigenvalue weighted by atomic mass is 16.4. The Kier molecular flexibility index (Phi) is 2.91. The molecule has 82 valence electrons. The minimum Gasteiger partial charge on any atom is -0.465 e. The molecule has 0 saturated heterocycles. The molecule has 2 rings (SSSR count). The van der Waals surface area contributed by atoms with Crippen molar-refractivity contribution in [1.82, 2.24) is 10.3 Å². The third-order valence-corrected chi connectivity index (χ3v) is 2.34. The minimum atomic E-state index is -1.01. The first-order chi connectivity index (χ1) is 7.77. The molecule has 0 atom stereocenters. The fraction of sp³-hybridized carbons (Fsp3) is 0.0833. The summed E-state index contributed by atoms with van der Waals surface area (Å²) in [6.45, 7) is 0.310. The summed E-state index contributed by atoms with van der Waals surface area (Å²) < 4.78 is 0. The number of benzene rings is 1. The van der Waals surface area contributed by atoms with E-state index >= 15 is 0 Å². The van der Waals surface area contributed by atoms with Crippen molar-refractivity contribution in [1.29, 1.82) is 0 Å². The molecule has 0 aliphatic heterocycles. The molecule has 1 aromatic heterocycles. The van der Waals surface area contributed by atoms with Crippen molar-refractivity contribution in [2.75, 3.05) is 0 Å². The monoisotopic (exact) mass is 216 g/mol. The lowest BCUT2D eigenvalue weighted by Crippen LogP contribution is -2.20. The number of aromatic amines is 1. The van der Waals surface area contributed by atoms with Crippen molar-refractivity contribution < 1.29 is 9.90 Å². The van der Waals surface area contributed by atoms with Gasteiger partial charge < -0.3 is 15.4 Å². The van der Waals surface area contributed by atoms with Crippen molar-refractivity contribution in [2.24, 2.45) is 0 Å². The molecule has 0 fully saturated rings. The Morgan fingerprint density at radius 3 is 2.75 bits per heavy atom. The fourth-order valence-electron chi connectivity index (χ4n) is 1.61. The number of carboxylic acid groups (broad SMARTS) is 1. The Bertz CT molecular complexity index is 478. The average Bonchev–Trinajstić information content (AvgIpc) is 2.80. The van der Waals surface area contributed by atoms with E-state index in [-0.39, 0.29) is 0 Å². The quantitative estimate of drug-likeness (QED) is 0.737. The lowest BCUT2D eigenvalue weighted by atomic mass is 10.0. The number of hydrogen-bond donors (Lipinski definition) is 3. The van der Waals surface area contributed by atoms with E-state index < -0.39 is 6.09 Å². The summed E-state index contributed by atoms with van der Waals surface area (Å²) in [5, 5.41) is 10.9. The summed E-state index contributed by atoms with van der Waals surface area (Å²) >= 11 is 0. The van der Waals surface area contributed by atoms with Gasteiger partial charge in [-0.2, -0.15) is 0 Å². The third kappa shape index (κ3) is 2.23. The van der Waals surface area contributed by atoms with Gasteiger partial charge in [0.2, 0.25) is 0 Å². The van der Waals surface area contributed by atoms with Gasteiger partial charge in [0.1, 0.15) is 0 Å². The van der Waals surface area contributed by atoms with E-state index in [4.69, 9.17) is 5.11 Å². The summed E-state index contributed by atoms with van der Waals surface area (Å²) in [5.41, 5.74) is 2.95. The van der Waals surface area contributed by atoms with Gasteiger partial charge >= 0.3 is 6.09 Å². The molecule has 1 amide bonds. The topological polar surface area (TPSA) is 65.1 Å². The second-order valence-corrected chi connectivity index (χ2v) is 3.40. The first-order valence-corrected chi connectivity index (χ1v) is 4.96. The molecule has 4 nitrogen and oxygen atoms in total. The van der Waals surface area contributed by atoms with Crippen LogP contribution in [0.4, 0.5) is 4.79 Å². The van der Waals surface area contributed by atoms with Crippen molar-refractivity contribution in [3.8, 4) is 11.3 Å². The molecule has 0 unspecified atom stereocenters. The van der Waals surface area contributed by atoms with E-state index in [1.165, 1.54) is 0 Å². The Labute approximate surface area is 92.9 Å². The van der Waals surface area contributed by atoms with Gasteiger partial charge in [0.05, 0.1) is 0 Å². The van der Waals surface area contributed by atoms with Gasteiger partial charge in [-0.25, -0.2) is 4.79 Å². The largest absolute Gasteiger partial charge is 0.465 e. The smallest absolute Gasteiger partial charge is 0.404 e. The van der Waals surface area contributed by atoms with Crippen LogP contribution in [0.3, 0.4) is 0 Å². The molecule has 0 aliphatic rings. The molecule has 0 spiro atoms. The van der Waals surface area contributed by atoms with Crippen LogP contribution in [0.15, 0.2) is 42.6 Å². The van der Waals surface area contributed by atoms with Crippen LogP contribution < -0.4 is 5.32 Å². The maximum absolute atomic E-state index is 10.5. The molecular weight excluding hydrogens is 204 g/mol. The Morgan fingerprint density at radius 2 is 2.06 bits per heavy atom. The lowest BCUT2D eigenvalue weighted by molar-refractivity contribution is 0.194. The molecule has 0 saturated carbocycles. The van der Waals surface area contributed by atoms with Crippen molar-refractivity contribution in [3.63, 3.8) is 0 Å². The number of hydrogen-bond acceptors (Lipinski definition) is 1. The molecule has 2 aromatic rings. The summed E-state index contributed by atoms with van der Waals surface area (Å²) in [7, 11) is 0. The lowest BCUT2D eigenvalue weighted by Gasteiger charge is -2.07. The van der Waals surface area contributed by atoms with Crippen LogP contribution in [0, 0.1) is 0 Å². The van der Waals surface area contributed by atoms with Gasteiger partial charge in [-0.05, 0) is 17.7 Å². The predicted octanol–water partition coefficient (Wildman–Crippen LogP) is 2.45. The first-order valence-electron chi connectivity index (χ1n) is 4.96. The molecule has 0 radical (unpaired) electrons. The predicted molar refractivity (Wildman–Crippen MR) is 61.1 cm³/mol. The van der Waals surface area contributed by atoms with Crippen LogP contribution >= 0.6 is 0 Å². The summed E-state index contributed by atoms with van der Waals surface area (Å²) in [4.78, 5) is 13.6. The molecule has 16 heavy (non-hydrogen) atoms. The van der Waals surface area contributed by atoms with E-state index in [0.717, 1.165) is 16.8 Å². The molecule has 0 aliphatic carbocycles. The Hall–Kier alpha value is -2.23. The number of carbonyl (C=O) groups is 1. The summed E-state index contributed by atoms with van der Waals surface area (Å²) in [6.07, 6.45) is 0.831. The number of nitrogens with one attached hydrogen (secondary N) is 2. The van der Waals surface area contributed by atoms with Crippen LogP contribution in [0.2, 0.25) is 0 Å². The van der Waals surface area contributed by atoms with Gasteiger partial charge in [0, 0.05) is 24.0 Å². The molecule has 0 bridgehead atoms. The zero-order valence-corrected chi connectivity index (χ0v) is 8.60. The first kappa shape index (κ1) is 10.3. The fourth-order valence-corrected chi connectivity index (χ4v) is 1.61. The van der Waals surface area contributed by atoms with E-state index in [1.54, 1.807) is 0 Å². The van der Waals surface area contributed by atoms with Gasteiger partial charge in [-0.15, -0.1) is 0 Å². The normalized spacial score (nSPS) is 10.0. The van der Waals surface area contributed by atoms with Gasteiger partial charge in [-0.3, -0.25) is 0 Å². The van der Waals surface area contributed by atoms with Crippen LogP contribution in [-0.4, -0.2) is 16.2 Å². The SMILES string of the molecule is O=C(O)NCc1ccccc1-c1ccc[nH]1. The highest BCUT2D eigenvalue weighted by Crippen LogP contribution is 2.21. The molecular formula is C12H12N2O2. The van der Waals surface area contributed by atoms with E-state index in [0.29, 0.717) is 6.54 Å². The van der Waals surface area contributed by atoms with Crippen LogP contribution in [0.25, 0.3) is 11.3 Å². The third-order valence-electron chi connectivity index (χ3n) is 2.34. The van der Waals surface area contributed by atoms with Crippen molar-refractivity contribution in [2.45, 2.75) is 6.54 Å². The van der Waals surface area contributed by atoms with E-state index in [1.807, 2.05) is 42.6 Å². The summed E-state index contributed by atoms with van der Waals surface area (Å²) in [5.74, 6) is 0. The van der Waals surface area contributed by atoms with Gasteiger partial charge in [0.15, 0.2) is 0 Å². The minimum absolute atomic E-state index is 0.310. The highest BCUT2D eigenvalue weighted by Gasteiger charge is 2.05. The van der Waals surface area contributed by atoms with Crippen molar-refractivity contribution in [3.05, 3.63) is 48.2 Å². The second-order valence-electron chi connectivity index (χ2n) is 3.40. The molecule has 1 heterocycles. The van der Waals surface area contributed by atoms with Crippen LogP contribution in [0.1, 0.15) is 5.56 Å². The number of rotatable bonds is 3. The maximum atomic E-state index is 10.5. The molecule has 1 aromatic carbocycles. The second kappa shape index (κ2) is 4.53. The van der Waals surface area contributed by atoms with E-state index in [2.05, 4.69) is 10.3 Å². The molecule has 3 N–H and O–H groups in total. The van der Waals surface area contributed by atoms with Crippen LogP contribution in [-0.2, 0) is 6.54 Å². The van der Waals surface area contributed by atoms with Crippen molar-refractivity contribution >= 4 is 6.09 Å². The average molecular weight is 216 g/mol. The maximum Gasteiger partial charge on any atom is 0.404 e. The van der Waals surface area contributed by atoms with Gasteiger partial charge in [-0.1, -0.05) is 24.3 Å². The molecule has 4 heteroatoms. The number of amides is 1. The Morgan fingerprint density at radius 1 is 1.25 bits per heavy atom. The standard InChI is InChI=1S/C12H12N2O2/c15-12(16)14-8-9-4-1-2-5-10(9)11-6-3-7-13-11/h1-7,13-14H,8H2,(H,15,16). The number of aromatic nitrogens is 1. The zero-order chi connectivity index (χ0) is 11.4. The Balaban J connectivity index is 2.27. The summed E-state index contributed by atoms with van der Waals surface area (Å²) in [6, 6.07) is 11.6. The van der Waals surface area contributed by atoms with Gasteiger partial charge in [0.25, 0.3) is 0 Å². The zero-order valence-electron chi connectivity index (χ0n) is 8.60.